The first-order valence-electron chi connectivity index (χ1n) is 7.60. The molecule has 0 aliphatic carbocycles. The number of halogens is 1. The molecule has 21 heavy (non-hydrogen) atoms. The molecule has 0 aliphatic heterocycles. The summed E-state index contributed by atoms with van der Waals surface area (Å²) in [4.78, 5) is 9.34. The average Bonchev–Trinajstić information content (AvgIpc) is 2.89. The maximum absolute atomic E-state index is 6.39. The van der Waals surface area contributed by atoms with Gasteiger partial charge in [0.25, 0.3) is 0 Å². The van der Waals surface area contributed by atoms with E-state index in [0.29, 0.717) is 5.88 Å². The lowest BCUT2D eigenvalue weighted by Crippen LogP contribution is -2.33. The molecule has 1 unspecified atom stereocenters. The highest BCUT2D eigenvalue weighted by atomic mass is 35.5. The van der Waals surface area contributed by atoms with Crippen molar-refractivity contribution in [2.45, 2.75) is 57.9 Å². The molecule has 2 rings (SSSR count). The molecule has 0 bridgehead atoms. The first-order chi connectivity index (χ1) is 10.0. The standard InChI is InChI=1S/C16H24ClN3O/c1-6-16(7-2,8-3)20-14(11(4)17)18-12-9-10-13(21-5)19-15(12)20/h9-11H,6-8H2,1-5H3. The second-order valence-corrected chi connectivity index (χ2v) is 6.06. The third-order valence-corrected chi connectivity index (χ3v) is 4.71. The predicted molar refractivity (Wildman–Crippen MR) is 87.2 cm³/mol. The van der Waals surface area contributed by atoms with Gasteiger partial charge in [0.05, 0.1) is 12.5 Å². The normalized spacial score (nSPS) is 13.6. The number of hydrogen-bond donors (Lipinski definition) is 0. The monoisotopic (exact) mass is 309 g/mol. The Balaban J connectivity index is 2.81. The van der Waals surface area contributed by atoms with Crippen molar-refractivity contribution in [3.05, 3.63) is 18.0 Å². The molecule has 0 saturated heterocycles. The molecule has 0 N–H and O–H groups in total. The van der Waals surface area contributed by atoms with Crippen LogP contribution in [-0.2, 0) is 5.54 Å². The van der Waals surface area contributed by atoms with Crippen LogP contribution in [0.3, 0.4) is 0 Å². The smallest absolute Gasteiger partial charge is 0.215 e. The van der Waals surface area contributed by atoms with Crippen molar-refractivity contribution >= 4 is 22.8 Å². The van der Waals surface area contributed by atoms with E-state index in [1.54, 1.807) is 7.11 Å². The Bertz CT molecular complexity index is 609. The molecule has 0 aromatic carbocycles. The minimum Gasteiger partial charge on any atom is -0.481 e. The number of nitrogens with zero attached hydrogens (tertiary/aromatic N) is 3. The van der Waals surface area contributed by atoms with Gasteiger partial charge in [-0.1, -0.05) is 20.8 Å². The maximum Gasteiger partial charge on any atom is 0.215 e. The van der Waals surface area contributed by atoms with Gasteiger partial charge in [0, 0.05) is 11.6 Å². The van der Waals surface area contributed by atoms with Crippen LogP contribution in [0, 0.1) is 0 Å². The van der Waals surface area contributed by atoms with Crippen LogP contribution >= 0.6 is 11.6 Å². The van der Waals surface area contributed by atoms with Gasteiger partial charge in [-0.15, -0.1) is 11.6 Å². The molecular formula is C16H24ClN3O. The van der Waals surface area contributed by atoms with Crippen molar-refractivity contribution in [2.24, 2.45) is 0 Å². The molecule has 0 fully saturated rings. The van der Waals surface area contributed by atoms with Gasteiger partial charge < -0.3 is 9.30 Å². The highest BCUT2D eigenvalue weighted by Crippen LogP contribution is 2.37. The van der Waals surface area contributed by atoms with E-state index in [4.69, 9.17) is 21.3 Å². The second-order valence-electron chi connectivity index (χ2n) is 5.40. The zero-order chi connectivity index (χ0) is 15.6. The Kier molecular flexibility index (Phi) is 4.77. The number of methoxy groups -OCH3 is 1. The molecular weight excluding hydrogens is 286 g/mol. The summed E-state index contributed by atoms with van der Waals surface area (Å²) < 4.78 is 7.51. The van der Waals surface area contributed by atoms with Gasteiger partial charge in [-0.05, 0) is 32.3 Å². The van der Waals surface area contributed by atoms with Crippen LogP contribution < -0.4 is 4.74 Å². The molecule has 5 heteroatoms. The van der Waals surface area contributed by atoms with E-state index in [1.807, 2.05) is 19.1 Å². The largest absolute Gasteiger partial charge is 0.481 e. The molecule has 2 aromatic rings. The number of hydrogen-bond acceptors (Lipinski definition) is 3. The Labute approximate surface area is 131 Å². The van der Waals surface area contributed by atoms with Crippen LogP contribution in [0.5, 0.6) is 5.88 Å². The minimum atomic E-state index is -0.158. The Morgan fingerprint density at radius 2 is 1.81 bits per heavy atom. The van der Waals surface area contributed by atoms with Gasteiger partial charge in [0.1, 0.15) is 11.3 Å². The van der Waals surface area contributed by atoms with Crippen molar-refractivity contribution < 1.29 is 4.74 Å². The van der Waals surface area contributed by atoms with E-state index in [0.717, 1.165) is 36.3 Å². The quantitative estimate of drug-likeness (QED) is 0.728. The third kappa shape index (κ3) is 2.61. The van der Waals surface area contributed by atoms with E-state index >= 15 is 0 Å². The Hall–Kier alpha value is -1.29. The van der Waals surface area contributed by atoms with Crippen LogP contribution in [-0.4, -0.2) is 21.6 Å². The van der Waals surface area contributed by atoms with E-state index in [2.05, 4.69) is 30.3 Å². The number of imidazole rings is 1. The summed E-state index contributed by atoms with van der Waals surface area (Å²) in [6, 6.07) is 3.79. The number of pyridine rings is 1. The highest BCUT2D eigenvalue weighted by Gasteiger charge is 2.32. The van der Waals surface area contributed by atoms with Crippen molar-refractivity contribution in [3.8, 4) is 5.88 Å². The van der Waals surface area contributed by atoms with Gasteiger partial charge in [0.15, 0.2) is 5.65 Å². The van der Waals surface area contributed by atoms with Crippen LogP contribution in [0.4, 0.5) is 0 Å². The van der Waals surface area contributed by atoms with Gasteiger partial charge >= 0.3 is 0 Å². The molecule has 0 amide bonds. The summed E-state index contributed by atoms with van der Waals surface area (Å²) in [5.74, 6) is 1.49. The molecule has 1 atom stereocenters. The zero-order valence-electron chi connectivity index (χ0n) is 13.5. The van der Waals surface area contributed by atoms with Gasteiger partial charge in [-0.3, -0.25) is 0 Å². The highest BCUT2D eigenvalue weighted by molar-refractivity contribution is 6.20. The number of aromatic nitrogens is 3. The summed E-state index contributed by atoms with van der Waals surface area (Å²) >= 11 is 6.39. The molecule has 0 radical (unpaired) electrons. The van der Waals surface area contributed by atoms with Gasteiger partial charge in [-0.2, -0.15) is 4.98 Å². The second kappa shape index (κ2) is 6.22. The zero-order valence-corrected chi connectivity index (χ0v) is 14.2. The Morgan fingerprint density at radius 3 is 2.29 bits per heavy atom. The Morgan fingerprint density at radius 1 is 1.19 bits per heavy atom. The number of alkyl halides is 1. The fraction of sp³-hybridized carbons (Fsp3) is 0.625. The van der Waals surface area contributed by atoms with Crippen molar-refractivity contribution in [1.82, 2.24) is 14.5 Å². The first kappa shape index (κ1) is 16.1. The molecule has 2 heterocycles. The SMILES string of the molecule is CCC(CC)(CC)n1c(C(C)Cl)nc2ccc(OC)nc21. The summed E-state index contributed by atoms with van der Waals surface area (Å²) in [5.41, 5.74) is 1.73. The molecule has 0 spiro atoms. The van der Waals surface area contributed by atoms with Gasteiger partial charge in [0.2, 0.25) is 5.88 Å². The molecule has 0 aliphatic rings. The molecule has 2 aromatic heterocycles. The third-order valence-electron chi connectivity index (χ3n) is 4.52. The number of fused-ring (bicyclic) bond motifs is 1. The fourth-order valence-electron chi connectivity index (χ4n) is 3.03. The maximum atomic E-state index is 6.39. The van der Waals surface area contributed by atoms with Crippen LogP contribution in [0.2, 0.25) is 0 Å². The van der Waals surface area contributed by atoms with E-state index in [9.17, 15) is 0 Å². The van der Waals surface area contributed by atoms with Crippen molar-refractivity contribution in [3.63, 3.8) is 0 Å². The summed E-state index contributed by atoms with van der Waals surface area (Å²) in [6.07, 6.45) is 3.04. The lowest BCUT2D eigenvalue weighted by atomic mass is 9.89. The average molecular weight is 310 g/mol. The lowest BCUT2D eigenvalue weighted by Gasteiger charge is -2.34. The lowest BCUT2D eigenvalue weighted by molar-refractivity contribution is 0.249. The molecule has 0 saturated carbocycles. The molecule has 116 valence electrons. The van der Waals surface area contributed by atoms with E-state index in [1.165, 1.54) is 0 Å². The van der Waals surface area contributed by atoms with Gasteiger partial charge in [-0.25, -0.2) is 4.98 Å². The first-order valence-corrected chi connectivity index (χ1v) is 8.04. The number of ether oxygens (including phenoxy) is 1. The number of rotatable bonds is 6. The van der Waals surface area contributed by atoms with E-state index < -0.39 is 0 Å². The van der Waals surface area contributed by atoms with Crippen molar-refractivity contribution in [1.29, 1.82) is 0 Å². The van der Waals surface area contributed by atoms with Crippen LogP contribution in [0.1, 0.15) is 58.2 Å². The fourth-order valence-corrected chi connectivity index (χ4v) is 3.18. The molecule has 4 nitrogen and oxygen atoms in total. The predicted octanol–water partition coefficient (Wildman–Crippen LogP) is 4.67. The summed E-state index contributed by atoms with van der Waals surface area (Å²) in [6.45, 7) is 8.59. The van der Waals surface area contributed by atoms with Crippen LogP contribution in [0.25, 0.3) is 11.2 Å². The van der Waals surface area contributed by atoms with Crippen LogP contribution in [0.15, 0.2) is 12.1 Å². The topological polar surface area (TPSA) is 39.9 Å². The summed E-state index contributed by atoms with van der Waals surface area (Å²) in [5, 5.41) is -0.158. The summed E-state index contributed by atoms with van der Waals surface area (Å²) in [7, 11) is 1.63. The van der Waals surface area contributed by atoms with Crippen molar-refractivity contribution in [2.75, 3.05) is 7.11 Å². The minimum absolute atomic E-state index is 0.00734. The van der Waals surface area contributed by atoms with E-state index in [-0.39, 0.29) is 10.9 Å².